The summed E-state index contributed by atoms with van der Waals surface area (Å²) in [6.07, 6.45) is 7.73. The molecule has 0 fully saturated rings. The van der Waals surface area contributed by atoms with E-state index in [1.807, 2.05) is 0 Å². The smallest absolute Gasteiger partial charge is 0.0616 e. The molecule has 11 aromatic rings. The predicted molar refractivity (Wildman–Crippen MR) is 270 cm³/mol. The zero-order chi connectivity index (χ0) is 42.5. The quantitative estimate of drug-likeness (QED) is 0.171. The van der Waals surface area contributed by atoms with E-state index in [2.05, 4.69) is 212 Å². The highest BCUT2D eigenvalue weighted by atomic mass is 15.0. The molecule has 1 unspecified atom stereocenters. The van der Waals surface area contributed by atoms with Crippen LogP contribution >= 0.6 is 0 Å². The van der Waals surface area contributed by atoms with Gasteiger partial charge in [0.15, 0.2) is 0 Å². The van der Waals surface area contributed by atoms with Gasteiger partial charge in [0, 0.05) is 60.1 Å². The molecule has 0 bridgehead atoms. The van der Waals surface area contributed by atoms with Crippen LogP contribution in [-0.2, 0) is 23.7 Å². The maximum Gasteiger partial charge on any atom is 0.0616 e. The van der Waals surface area contributed by atoms with Crippen molar-refractivity contribution < 1.29 is 0 Å². The molecule has 2 nitrogen and oxygen atoms in total. The molecule has 0 saturated heterocycles. The first-order valence-corrected chi connectivity index (χ1v) is 23.0. The number of fused-ring (bicyclic) bond motifs is 14. The van der Waals surface area contributed by atoms with Crippen LogP contribution in [0.3, 0.4) is 0 Å². The Balaban J connectivity index is 0.927. The molecule has 2 heterocycles. The van der Waals surface area contributed by atoms with E-state index in [1.165, 1.54) is 132 Å². The minimum Gasteiger partial charge on any atom is -0.355 e. The highest BCUT2D eigenvalue weighted by Gasteiger charge is 2.40. The van der Waals surface area contributed by atoms with E-state index in [-0.39, 0.29) is 10.8 Å². The van der Waals surface area contributed by atoms with E-state index in [4.69, 9.17) is 0 Å². The van der Waals surface area contributed by atoms with Crippen molar-refractivity contribution in [2.45, 2.75) is 50.9 Å². The van der Waals surface area contributed by atoms with Gasteiger partial charge in [-0.3, -0.25) is 0 Å². The molecule has 0 saturated carbocycles. The van der Waals surface area contributed by atoms with Crippen LogP contribution in [0.5, 0.6) is 0 Å². The number of nitrogens with one attached hydrogen (secondary N) is 1. The van der Waals surface area contributed by atoms with Gasteiger partial charge in [-0.05, 0) is 122 Å². The molecule has 0 aliphatic heterocycles. The third-order valence-electron chi connectivity index (χ3n) is 15.6. The molecule has 2 aromatic heterocycles. The van der Waals surface area contributed by atoms with Crippen molar-refractivity contribution in [1.29, 1.82) is 0 Å². The minimum atomic E-state index is -0.175. The molecule has 14 rings (SSSR count). The third kappa shape index (κ3) is 4.75. The highest BCUT2D eigenvalue weighted by Crippen LogP contribution is 2.54. The van der Waals surface area contributed by atoms with Crippen molar-refractivity contribution in [2.75, 3.05) is 0 Å². The fourth-order valence-corrected chi connectivity index (χ4v) is 12.6. The summed E-state index contributed by atoms with van der Waals surface area (Å²) in [4.78, 5) is 3.74. The van der Waals surface area contributed by atoms with Gasteiger partial charge in [-0.1, -0.05) is 172 Å². The summed E-state index contributed by atoms with van der Waals surface area (Å²) in [5.74, 6) is 0. The number of allylic oxidation sites excluding steroid dienone is 1. The van der Waals surface area contributed by atoms with Crippen molar-refractivity contribution in [3.05, 3.63) is 215 Å². The number of benzene rings is 9. The van der Waals surface area contributed by atoms with Crippen molar-refractivity contribution in [1.82, 2.24) is 9.55 Å². The molecule has 0 spiro atoms. The Morgan fingerprint density at radius 2 is 1.11 bits per heavy atom. The molecule has 3 aliphatic rings. The Morgan fingerprint density at radius 3 is 1.86 bits per heavy atom. The van der Waals surface area contributed by atoms with Crippen LogP contribution in [0.25, 0.3) is 99.4 Å². The number of hydrogen-bond donors (Lipinski definition) is 1. The van der Waals surface area contributed by atoms with Crippen LogP contribution in [-0.4, -0.2) is 9.55 Å². The lowest BCUT2D eigenvalue weighted by atomic mass is 9.75. The van der Waals surface area contributed by atoms with Gasteiger partial charge in [-0.2, -0.15) is 0 Å². The fourth-order valence-electron chi connectivity index (χ4n) is 12.6. The Kier molecular flexibility index (Phi) is 7.24. The summed E-state index contributed by atoms with van der Waals surface area (Å²) in [7, 11) is 0. The fraction of sp³-hybridized carbons (Fsp3) is 0.129. The molecule has 3 aliphatic carbocycles. The van der Waals surface area contributed by atoms with Crippen LogP contribution in [0.1, 0.15) is 66.3 Å². The summed E-state index contributed by atoms with van der Waals surface area (Å²) in [6.45, 7) is 7.25. The number of nitrogens with zero attached hydrogens (tertiary/aromatic N) is 1. The van der Waals surface area contributed by atoms with Gasteiger partial charge in [-0.25, -0.2) is 0 Å². The molecule has 1 atom stereocenters. The largest absolute Gasteiger partial charge is 0.355 e. The van der Waals surface area contributed by atoms with Gasteiger partial charge >= 0.3 is 0 Å². The van der Waals surface area contributed by atoms with Gasteiger partial charge in [0.05, 0.1) is 11.2 Å². The molecule has 2 heteroatoms. The van der Waals surface area contributed by atoms with Crippen molar-refractivity contribution in [2.24, 2.45) is 0 Å². The first-order chi connectivity index (χ1) is 31.4. The molecule has 0 radical (unpaired) electrons. The Morgan fingerprint density at radius 1 is 0.500 bits per heavy atom. The summed E-state index contributed by atoms with van der Waals surface area (Å²) in [5.41, 5.74) is 22.5. The van der Waals surface area contributed by atoms with Crippen LogP contribution < -0.4 is 0 Å². The molecule has 304 valence electrons. The topological polar surface area (TPSA) is 20.7 Å². The van der Waals surface area contributed by atoms with Crippen molar-refractivity contribution in [3.8, 4) is 39.1 Å². The molecular weight excluding hydrogens is 773 g/mol. The second-order valence-electron chi connectivity index (χ2n) is 19.4. The maximum absolute atomic E-state index is 3.74. The van der Waals surface area contributed by atoms with Crippen molar-refractivity contribution in [3.63, 3.8) is 0 Å². The van der Waals surface area contributed by atoms with Gasteiger partial charge in [0.1, 0.15) is 0 Å². The standard InChI is InChI=1S/C62H46N2/c1-61(2)51-24-12-8-16-39(51)47-33-50-42-19-11-15-27-57(42)64(58(50)35-53(47)61)60-45-22-6-4-20-43(45)59(44-21-5-7-23-46(44)60)38-30-28-37(29-31-38)36-62(3)52-25-13-9-17-40(52)48-32-49-41-18-10-14-26-55(41)63-56(49)34-54(48)62/h4-14,16-26,28-35,63H,15,27,36H2,1-3H3. The Labute approximate surface area is 373 Å². The van der Waals surface area contributed by atoms with Crippen molar-refractivity contribution >= 4 is 60.3 Å². The number of hydrogen-bond acceptors (Lipinski definition) is 0. The van der Waals surface area contributed by atoms with Crippen LogP contribution in [0.2, 0.25) is 0 Å². The van der Waals surface area contributed by atoms with Crippen LogP contribution in [0.15, 0.2) is 176 Å². The van der Waals surface area contributed by atoms with E-state index < -0.39 is 0 Å². The number of aromatic amines is 1. The van der Waals surface area contributed by atoms with Gasteiger partial charge in [0.2, 0.25) is 0 Å². The van der Waals surface area contributed by atoms with Gasteiger partial charge < -0.3 is 9.55 Å². The lowest BCUT2D eigenvalue weighted by Crippen LogP contribution is -2.23. The van der Waals surface area contributed by atoms with E-state index in [0.717, 1.165) is 19.3 Å². The predicted octanol–water partition coefficient (Wildman–Crippen LogP) is 16.0. The SMILES string of the molecule is CC1(C)c2ccccc2-c2cc3c4c(n(-c5c6ccccc6c(-c6ccc(CC7(C)c8ccccc8-c8cc9c(cc87)[nH]c7ccccc79)cc6)c6ccccc56)c3cc21)CCC=C4. The van der Waals surface area contributed by atoms with Crippen LogP contribution in [0, 0.1) is 0 Å². The Hall–Kier alpha value is -7.42. The molecular formula is C62H46N2. The van der Waals surface area contributed by atoms with Gasteiger partial charge in [-0.15, -0.1) is 0 Å². The maximum atomic E-state index is 3.74. The zero-order valence-corrected chi connectivity index (χ0v) is 36.4. The van der Waals surface area contributed by atoms with E-state index in [9.17, 15) is 0 Å². The molecule has 1 N–H and O–H groups in total. The van der Waals surface area contributed by atoms with Crippen LogP contribution in [0.4, 0.5) is 0 Å². The average molecular weight is 819 g/mol. The minimum absolute atomic E-state index is 0.0858. The lowest BCUT2D eigenvalue weighted by molar-refractivity contribution is 0.583. The summed E-state index contributed by atoms with van der Waals surface area (Å²) < 4.78 is 2.66. The molecule has 9 aromatic carbocycles. The first-order valence-electron chi connectivity index (χ1n) is 23.0. The number of para-hydroxylation sites is 1. The number of aromatic nitrogens is 2. The first kappa shape index (κ1) is 36.1. The van der Waals surface area contributed by atoms with Gasteiger partial charge in [0.25, 0.3) is 0 Å². The number of H-pyrrole nitrogens is 1. The average Bonchev–Trinajstić information content (AvgIpc) is 4.00. The lowest BCUT2D eigenvalue weighted by Gasteiger charge is -2.28. The van der Waals surface area contributed by atoms with E-state index in [0.29, 0.717) is 0 Å². The second-order valence-corrected chi connectivity index (χ2v) is 19.4. The Bertz CT molecular complexity index is 3790. The highest BCUT2D eigenvalue weighted by molar-refractivity contribution is 6.19. The molecule has 64 heavy (non-hydrogen) atoms. The van der Waals surface area contributed by atoms with E-state index in [1.54, 1.807) is 0 Å². The summed E-state index contributed by atoms with van der Waals surface area (Å²) >= 11 is 0. The summed E-state index contributed by atoms with van der Waals surface area (Å²) in [6, 6.07) is 64.6. The molecule has 0 amide bonds. The summed E-state index contributed by atoms with van der Waals surface area (Å²) in [5, 5.41) is 9.06. The third-order valence-corrected chi connectivity index (χ3v) is 15.6. The number of rotatable bonds is 4. The normalized spacial score (nSPS) is 16.7. The zero-order valence-electron chi connectivity index (χ0n) is 36.4. The second kappa shape index (κ2) is 12.8. The van der Waals surface area contributed by atoms with E-state index >= 15 is 0 Å². The monoisotopic (exact) mass is 818 g/mol.